The van der Waals surface area contributed by atoms with E-state index in [0.717, 1.165) is 13.1 Å². The quantitative estimate of drug-likeness (QED) is 0.720. The van der Waals surface area contributed by atoms with E-state index in [4.69, 9.17) is 0 Å². The van der Waals surface area contributed by atoms with Crippen LogP contribution in [0.2, 0.25) is 0 Å². The number of likely N-dealkylation sites (tertiary alicyclic amines) is 1. The highest BCUT2D eigenvalue weighted by molar-refractivity contribution is 7.07. The van der Waals surface area contributed by atoms with E-state index in [0.29, 0.717) is 38.0 Å². The molecule has 0 unspecified atom stereocenters. The first-order valence-electron chi connectivity index (χ1n) is 10.4. The lowest BCUT2D eigenvalue weighted by molar-refractivity contribution is -0.126. The summed E-state index contributed by atoms with van der Waals surface area (Å²) in [6, 6.07) is 5.90. The molecule has 3 heterocycles. The summed E-state index contributed by atoms with van der Waals surface area (Å²) >= 11 is 1.69. The lowest BCUT2D eigenvalue weighted by Gasteiger charge is -2.33. The molecule has 0 saturated carbocycles. The molecule has 0 spiro atoms. The Morgan fingerprint density at radius 1 is 1.28 bits per heavy atom. The van der Waals surface area contributed by atoms with Gasteiger partial charge in [-0.15, -0.1) is 0 Å². The van der Waals surface area contributed by atoms with Gasteiger partial charge >= 0.3 is 0 Å². The molecular formula is C22H30N4O2S. The highest BCUT2D eigenvalue weighted by Crippen LogP contribution is 2.23. The smallest absolute Gasteiger partial charge is 0.255 e. The standard InChI is InChI=1S/C22H30N4O2S/c1-3-25(4-2)20(19-9-13-29-16-19)15-24-21(27)17-7-11-26(12-8-17)22(28)18-6-5-10-23-14-18/h5-6,9-10,13-14,16-17,20H,3-4,7-8,11-12,15H2,1-2H3,(H,24,27)/t20-/m0/s1. The van der Waals surface area contributed by atoms with Gasteiger partial charge in [0.15, 0.2) is 0 Å². The van der Waals surface area contributed by atoms with Crippen LogP contribution in [0.25, 0.3) is 0 Å². The van der Waals surface area contributed by atoms with Gasteiger partial charge in [0.25, 0.3) is 5.91 Å². The van der Waals surface area contributed by atoms with Crippen molar-refractivity contribution in [2.45, 2.75) is 32.7 Å². The van der Waals surface area contributed by atoms with E-state index >= 15 is 0 Å². The summed E-state index contributed by atoms with van der Waals surface area (Å²) < 4.78 is 0. The number of carbonyl (C=O) groups excluding carboxylic acids is 2. The monoisotopic (exact) mass is 414 g/mol. The number of rotatable bonds is 8. The zero-order chi connectivity index (χ0) is 20.6. The Labute approximate surface area is 176 Å². The topological polar surface area (TPSA) is 65.5 Å². The highest BCUT2D eigenvalue weighted by atomic mass is 32.1. The van der Waals surface area contributed by atoms with Crippen LogP contribution < -0.4 is 5.32 Å². The van der Waals surface area contributed by atoms with Gasteiger partial charge in [-0.3, -0.25) is 19.5 Å². The maximum absolute atomic E-state index is 12.8. The maximum atomic E-state index is 12.8. The Morgan fingerprint density at radius 3 is 2.62 bits per heavy atom. The summed E-state index contributed by atoms with van der Waals surface area (Å²) in [6.07, 6.45) is 4.66. The van der Waals surface area contributed by atoms with E-state index in [9.17, 15) is 9.59 Å². The molecule has 2 amide bonds. The molecule has 156 valence electrons. The van der Waals surface area contributed by atoms with Gasteiger partial charge in [-0.05, 0) is 60.5 Å². The summed E-state index contributed by atoms with van der Waals surface area (Å²) in [5, 5.41) is 7.43. The SMILES string of the molecule is CCN(CC)[C@@H](CNC(=O)C1CCN(C(=O)c2cccnc2)CC1)c1ccsc1. The third-order valence-corrected chi connectivity index (χ3v) is 6.41. The van der Waals surface area contributed by atoms with Gasteiger partial charge in [0.1, 0.15) is 0 Å². The van der Waals surface area contributed by atoms with Gasteiger partial charge in [0, 0.05) is 37.9 Å². The van der Waals surface area contributed by atoms with Gasteiger partial charge in [-0.1, -0.05) is 13.8 Å². The summed E-state index contributed by atoms with van der Waals surface area (Å²) in [7, 11) is 0. The minimum absolute atomic E-state index is 0.00369. The number of amides is 2. The number of aromatic nitrogens is 1. The van der Waals surface area contributed by atoms with Gasteiger partial charge in [-0.2, -0.15) is 11.3 Å². The summed E-state index contributed by atoms with van der Waals surface area (Å²) in [5.41, 5.74) is 1.86. The molecule has 1 atom stereocenters. The lowest BCUT2D eigenvalue weighted by atomic mass is 9.95. The second kappa shape index (κ2) is 10.5. The van der Waals surface area contributed by atoms with Crippen LogP contribution in [0.5, 0.6) is 0 Å². The fourth-order valence-electron chi connectivity index (χ4n) is 3.94. The van der Waals surface area contributed by atoms with E-state index in [-0.39, 0.29) is 23.8 Å². The minimum Gasteiger partial charge on any atom is -0.354 e. The van der Waals surface area contributed by atoms with Crippen molar-refractivity contribution in [1.29, 1.82) is 0 Å². The second-order valence-electron chi connectivity index (χ2n) is 7.35. The van der Waals surface area contributed by atoms with Crippen LogP contribution in [-0.4, -0.2) is 59.3 Å². The van der Waals surface area contributed by atoms with Crippen LogP contribution >= 0.6 is 11.3 Å². The average Bonchev–Trinajstić information content (AvgIpc) is 3.31. The fourth-order valence-corrected chi connectivity index (χ4v) is 4.65. The second-order valence-corrected chi connectivity index (χ2v) is 8.13. The molecule has 1 fully saturated rings. The van der Waals surface area contributed by atoms with Crippen LogP contribution in [0.1, 0.15) is 48.7 Å². The number of carbonyl (C=O) groups is 2. The highest BCUT2D eigenvalue weighted by Gasteiger charge is 2.28. The first kappa shape index (κ1) is 21.5. The van der Waals surface area contributed by atoms with Crippen LogP contribution in [0, 0.1) is 5.92 Å². The molecule has 2 aromatic rings. The average molecular weight is 415 g/mol. The molecule has 1 aliphatic heterocycles. The Morgan fingerprint density at radius 2 is 2.03 bits per heavy atom. The van der Waals surface area contributed by atoms with E-state index < -0.39 is 0 Å². The molecule has 2 aromatic heterocycles. The zero-order valence-corrected chi connectivity index (χ0v) is 18.0. The van der Waals surface area contributed by atoms with Gasteiger partial charge in [0.05, 0.1) is 11.6 Å². The largest absolute Gasteiger partial charge is 0.354 e. The number of nitrogens with zero attached hydrogens (tertiary/aromatic N) is 3. The predicted molar refractivity (Wildman–Crippen MR) is 116 cm³/mol. The van der Waals surface area contributed by atoms with Crippen molar-refractivity contribution in [3.8, 4) is 0 Å². The molecule has 3 rings (SSSR count). The Kier molecular flexibility index (Phi) is 7.77. The molecule has 0 bridgehead atoms. The maximum Gasteiger partial charge on any atom is 0.255 e. The summed E-state index contributed by atoms with van der Waals surface area (Å²) in [5.74, 6) is 0.0645. The molecule has 1 saturated heterocycles. The van der Waals surface area contributed by atoms with Gasteiger partial charge in [-0.25, -0.2) is 0 Å². The number of thiophene rings is 1. The van der Waals surface area contributed by atoms with Crippen LogP contribution in [0.15, 0.2) is 41.4 Å². The van der Waals surface area contributed by atoms with Crippen molar-refractivity contribution in [3.63, 3.8) is 0 Å². The minimum atomic E-state index is -0.0345. The summed E-state index contributed by atoms with van der Waals surface area (Å²) in [6.45, 7) is 8.03. The molecule has 6 nitrogen and oxygen atoms in total. The molecule has 0 aliphatic carbocycles. The number of hydrogen-bond donors (Lipinski definition) is 1. The van der Waals surface area contributed by atoms with Crippen molar-refractivity contribution in [2.75, 3.05) is 32.7 Å². The number of nitrogens with one attached hydrogen (secondary N) is 1. The number of likely N-dealkylation sites (N-methyl/N-ethyl adjacent to an activating group) is 1. The first-order chi connectivity index (χ1) is 14.1. The molecule has 7 heteroatoms. The van der Waals surface area contributed by atoms with Crippen LogP contribution in [-0.2, 0) is 4.79 Å². The normalized spacial score (nSPS) is 16.0. The zero-order valence-electron chi connectivity index (χ0n) is 17.2. The molecule has 0 aromatic carbocycles. The van der Waals surface area contributed by atoms with Crippen molar-refractivity contribution in [1.82, 2.24) is 20.1 Å². The van der Waals surface area contributed by atoms with Crippen molar-refractivity contribution >= 4 is 23.2 Å². The van der Waals surface area contributed by atoms with Crippen molar-refractivity contribution in [2.24, 2.45) is 5.92 Å². The lowest BCUT2D eigenvalue weighted by Crippen LogP contribution is -2.45. The van der Waals surface area contributed by atoms with Crippen LogP contribution in [0.4, 0.5) is 0 Å². The molecule has 0 radical (unpaired) electrons. The summed E-state index contributed by atoms with van der Waals surface area (Å²) in [4.78, 5) is 33.5. The first-order valence-corrected chi connectivity index (χ1v) is 11.3. The molecule has 1 N–H and O–H groups in total. The number of piperidine rings is 1. The third kappa shape index (κ3) is 5.42. The van der Waals surface area contributed by atoms with E-state index in [1.165, 1.54) is 5.56 Å². The van der Waals surface area contributed by atoms with Gasteiger partial charge in [0.2, 0.25) is 5.91 Å². The number of pyridine rings is 1. The van der Waals surface area contributed by atoms with E-state index in [1.54, 1.807) is 35.9 Å². The van der Waals surface area contributed by atoms with Gasteiger partial charge < -0.3 is 10.2 Å². The third-order valence-electron chi connectivity index (χ3n) is 5.71. The van der Waals surface area contributed by atoms with Crippen molar-refractivity contribution < 1.29 is 9.59 Å². The van der Waals surface area contributed by atoms with E-state index in [1.807, 2.05) is 4.90 Å². The Hall–Kier alpha value is -2.25. The Bertz CT molecular complexity index is 769. The van der Waals surface area contributed by atoms with Crippen LogP contribution in [0.3, 0.4) is 0 Å². The predicted octanol–water partition coefficient (Wildman–Crippen LogP) is 3.19. The number of hydrogen-bond acceptors (Lipinski definition) is 5. The fraction of sp³-hybridized carbons (Fsp3) is 0.500. The Balaban J connectivity index is 1.52. The molecule has 1 aliphatic rings. The van der Waals surface area contributed by atoms with E-state index in [2.05, 4.69) is 45.9 Å². The molecule has 29 heavy (non-hydrogen) atoms. The van der Waals surface area contributed by atoms with Crippen molar-refractivity contribution in [3.05, 3.63) is 52.5 Å². The molecular weight excluding hydrogens is 384 g/mol.